The fraction of sp³-hybridized carbons (Fsp3) is 0.600. The molecule has 28 heavy (non-hydrogen) atoms. The normalized spacial score (nSPS) is 15.7. The van der Waals surface area contributed by atoms with E-state index >= 15 is 0 Å². The van der Waals surface area contributed by atoms with E-state index < -0.39 is 21.7 Å². The molecule has 156 valence electrons. The summed E-state index contributed by atoms with van der Waals surface area (Å²) in [6.45, 7) is 5.43. The second kappa shape index (κ2) is 9.41. The molecule has 0 saturated heterocycles. The lowest BCUT2D eigenvalue weighted by atomic mass is 10.0. The number of benzene rings is 1. The molecule has 1 fully saturated rings. The summed E-state index contributed by atoms with van der Waals surface area (Å²) in [4.78, 5) is 24.0. The van der Waals surface area contributed by atoms with E-state index in [1.165, 1.54) is 6.07 Å². The number of hydrogen-bond acceptors (Lipinski definition) is 5. The van der Waals surface area contributed by atoms with Crippen LogP contribution in [-0.4, -0.2) is 37.7 Å². The predicted molar refractivity (Wildman–Crippen MR) is 109 cm³/mol. The lowest BCUT2D eigenvalue weighted by Crippen LogP contribution is -2.33. The molecule has 1 aliphatic rings. The van der Waals surface area contributed by atoms with Crippen LogP contribution in [0.3, 0.4) is 0 Å². The van der Waals surface area contributed by atoms with Crippen LogP contribution in [0, 0.1) is 0 Å². The lowest BCUT2D eigenvalue weighted by molar-refractivity contribution is 0.0527. The van der Waals surface area contributed by atoms with Crippen LogP contribution >= 0.6 is 0 Å². The van der Waals surface area contributed by atoms with Crippen molar-refractivity contribution in [1.29, 1.82) is 0 Å². The molecule has 1 aromatic carbocycles. The van der Waals surface area contributed by atoms with Crippen LogP contribution in [0.15, 0.2) is 24.3 Å². The van der Waals surface area contributed by atoms with Gasteiger partial charge in [0, 0.05) is 24.2 Å². The number of sulfonamides is 1. The van der Waals surface area contributed by atoms with Crippen molar-refractivity contribution in [2.45, 2.75) is 70.1 Å². The van der Waals surface area contributed by atoms with Gasteiger partial charge in [-0.3, -0.25) is 9.52 Å². The quantitative estimate of drug-likeness (QED) is 0.665. The van der Waals surface area contributed by atoms with E-state index in [4.69, 9.17) is 4.74 Å². The first-order chi connectivity index (χ1) is 13.1. The number of carbonyl (C=O) groups is 2. The maximum atomic E-state index is 12.5. The number of anilines is 1. The Morgan fingerprint density at radius 2 is 1.82 bits per heavy atom. The van der Waals surface area contributed by atoms with Crippen molar-refractivity contribution in [3.05, 3.63) is 29.8 Å². The zero-order chi connectivity index (χ0) is 20.8. The average Bonchev–Trinajstić information content (AvgIpc) is 2.60. The van der Waals surface area contributed by atoms with Crippen molar-refractivity contribution in [2.24, 2.45) is 0 Å². The van der Waals surface area contributed by atoms with Crippen LogP contribution in [0.2, 0.25) is 0 Å². The van der Waals surface area contributed by atoms with E-state index in [9.17, 15) is 18.0 Å². The third-order valence-electron chi connectivity index (χ3n) is 4.46. The average molecular weight is 411 g/mol. The summed E-state index contributed by atoms with van der Waals surface area (Å²) in [7, 11) is -3.46. The number of ether oxygens (including phenoxy) is 1. The highest BCUT2D eigenvalue weighted by atomic mass is 32.2. The number of carbonyl (C=O) groups excluding carboxylic acids is 2. The first-order valence-electron chi connectivity index (χ1n) is 9.68. The van der Waals surface area contributed by atoms with Crippen molar-refractivity contribution in [2.75, 3.05) is 11.3 Å². The molecule has 0 atom stereocenters. The molecular formula is C20H30N2O5S. The third-order valence-corrected chi connectivity index (χ3v) is 6.33. The Kier molecular flexibility index (Phi) is 7.46. The fourth-order valence-corrected chi connectivity index (χ4v) is 4.69. The number of alkyl carbamates (subject to hydrolysis) is 1. The van der Waals surface area contributed by atoms with Gasteiger partial charge < -0.3 is 10.1 Å². The van der Waals surface area contributed by atoms with Gasteiger partial charge in [0.2, 0.25) is 10.0 Å². The Labute approximate surface area is 167 Å². The molecule has 2 N–H and O–H groups in total. The van der Waals surface area contributed by atoms with E-state index in [0.29, 0.717) is 24.1 Å². The summed E-state index contributed by atoms with van der Waals surface area (Å²) >= 11 is 0. The zero-order valence-corrected chi connectivity index (χ0v) is 17.6. The van der Waals surface area contributed by atoms with E-state index in [-0.39, 0.29) is 24.0 Å². The van der Waals surface area contributed by atoms with Gasteiger partial charge in [-0.1, -0.05) is 31.4 Å². The number of ketones is 1. The van der Waals surface area contributed by atoms with Crippen molar-refractivity contribution in [3.63, 3.8) is 0 Å². The van der Waals surface area contributed by atoms with Gasteiger partial charge in [-0.05, 0) is 45.7 Å². The minimum Gasteiger partial charge on any atom is -0.444 e. The van der Waals surface area contributed by atoms with Crippen LogP contribution in [0.1, 0.15) is 69.7 Å². The van der Waals surface area contributed by atoms with Gasteiger partial charge in [0.1, 0.15) is 5.60 Å². The highest BCUT2D eigenvalue weighted by molar-refractivity contribution is 7.93. The molecule has 7 nitrogen and oxygen atoms in total. The lowest BCUT2D eigenvalue weighted by Gasteiger charge is -2.22. The summed E-state index contributed by atoms with van der Waals surface area (Å²) in [5.74, 6) is -0.185. The maximum absolute atomic E-state index is 12.5. The summed E-state index contributed by atoms with van der Waals surface area (Å²) in [6.07, 6.45) is 3.79. The zero-order valence-electron chi connectivity index (χ0n) is 16.8. The van der Waals surface area contributed by atoms with Gasteiger partial charge in [0.25, 0.3) is 0 Å². The second-order valence-corrected chi connectivity index (χ2v) is 10.1. The van der Waals surface area contributed by atoms with E-state index in [2.05, 4.69) is 10.0 Å². The van der Waals surface area contributed by atoms with Crippen LogP contribution in [0.4, 0.5) is 10.5 Å². The van der Waals surface area contributed by atoms with Gasteiger partial charge in [0.15, 0.2) is 5.78 Å². The third kappa shape index (κ3) is 7.14. The molecule has 0 unspecified atom stereocenters. The molecule has 0 heterocycles. The molecular weight excluding hydrogens is 380 g/mol. The molecule has 1 aliphatic carbocycles. The summed E-state index contributed by atoms with van der Waals surface area (Å²) in [5, 5.41) is 2.17. The Balaban J connectivity index is 1.91. The molecule has 0 bridgehead atoms. The van der Waals surface area contributed by atoms with Gasteiger partial charge in [0.05, 0.1) is 5.25 Å². The number of amides is 1. The van der Waals surface area contributed by atoms with Gasteiger partial charge in [-0.2, -0.15) is 0 Å². The molecule has 1 saturated carbocycles. The van der Waals surface area contributed by atoms with Gasteiger partial charge >= 0.3 is 6.09 Å². The van der Waals surface area contributed by atoms with Crippen LogP contribution in [-0.2, 0) is 14.8 Å². The smallest absolute Gasteiger partial charge is 0.407 e. The highest BCUT2D eigenvalue weighted by Gasteiger charge is 2.27. The number of Topliss-reactive ketones (excluding diaryl/α,β-unsaturated/α-hetero) is 1. The summed E-state index contributed by atoms with van der Waals surface area (Å²) in [6, 6.07) is 6.45. The number of rotatable bonds is 7. The minimum absolute atomic E-state index is 0.0953. The highest BCUT2D eigenvalue weighted by Crippen LogP contribution is 2.25. The second-order valence-electron chi connectivity index (χ2n) is 8.09. The van der Waals surface area contributed by atoms with Crippen molar-refractivity contribution in [3.8, 4) is 0 Å². The minimum atomic E-state index is -3.46. The molecule has 0 aliphatic heterocycles. The molecule has 1 aromatic rings. The molecule has 8 heteroatoms. The monoisotopic (exact) mass is 410 g/mol. The molecule has 1 amide bonds. The van der Waals surface area contributed by atoms with E-state index in [1.54, 1.807) is 39.0 Å². The molecule has 2 rings (SSSR count). The Morgan fingerprint density at radius 3 is 2.46 bits per heavy atom. The Bertz CT molecular complexity index is 793. The Hall–Kier alpha value is -2.09. The topological polar surface area (TPSA) is 102 Å². The van der Waals surface area contributed by atoms with Gasteiger partial charge in [-0.25, -0.2) is 13.2 Å². The number of nitrogens with one attached hydrogen (secondary N) is 2. The van der Waals surface area contributed by atoms with Crippen LogP contribution in [0.5, 0.6) is 0 Å². The molecule has 0 aromatic heterocycles. The standard InChI is InChI=1S/C20H30N2O5S/c1-20(2,3)27-19(24)21-13-12-18(23)15-8-7-9-16(14-15)22-28(25,26)17-10-5-4-6-11-17/h7-9,14,17,22H,4-6,10-13H2,1-3H3,(H,21,24). The van der Waals surface area contributed by atoms with Crippen LogP contribution < -0.4 is 10.0 Å². The number of hydrogen-bond donors (Lipinski definition) is 2. The first kappa shape index (κ1) is 22.2. The fourth-order valence-electron chi connectivity index (χ4n) is 3.12. The first-order valence-corrected chi connectivity index (χ1v) is 11.2. The summed E-state index contributed by atoms with van der Waals surface area (Å²) < 4.78 is 32.8. The van der Waals surface area contributed by atoms with Crippen molar-refractivity contribution < 1.29 is 22.7 Å². The summed E-state index contributed by atoms with van der Waals surface area (Å²) in [5.41, 5.74) is 0.184. The molecule has 0 radical (unpaired) electrons. The molecule has 0 spiro atoms. The SMILES string of the molecule is CC(C)(C)OC(=O)NCCC(=O)c1cccc(NS(=O)(=O)C2CCCCC2)c1. The Morgan fingerprint density at radius 1 is 1.14 bits per heavy atom. The van der Waals surface area contributed by atoms with E-state index in [1.807, 2.05) is 0 Å². The maximum Gasteiger partial charge on any atom is 0.407 e. The van der Waals surface area contributed by atoms with Crippen molar-refractivity contribution in [1.82, 2.24) is 5.32 Å². The van der Waals surface area contributed by atoms with Crippen molar-refractivity contribution >= 4 is 27.6 Å². The van der Waals surface area contributed by atoms with Crippen LogP contribution in [0.25, 0.3) is 0 Å². The van der Waals surface area contributed by atoms with Gasteiger partial charge in [-0.15, -0.1) is 0 Å². The van der Waals surface area contributed by atoms with E-state index in [0.717, 1.165) is 19.3 Å². The largest absolute Gasteiger partial charge is 0.444 e. The predicted octanol–water partition coefficient (Wildman–Crippen LogP) is 3.86.